The van der Waals surface area contributed by atoms with Gasteiger partial charge in [-0.1, -0.05) is 30.4 Å². The molecule has 0 radical (unpaired) electrons. The molecule has 0 aromatic heterocycles. The first-order chi connectivity index (χ1) is 13.8. The number of hydrogen-bond donors (Lipinski definition) is 1. The minimum atomic E-state index is -1.01. The van der Waals surface area contributed by atoms with Crippen molar-refractivity contribution in [1.82, 2.24) is 4.90 Å². The second-order valence-electron chi connectivity index (χ2n) is 6.59. The molecule has 1 heterocycles. The van der Waals surface area contributed by atoms with Gasteiger partial charge < -0.3 is 10.0 Å². The molecular formula is C22H21N3O3S. The number of amidine groups is 1. The van der Waals surface area contributed by atoms with E-state index >= 15 is 0 Å². The van der Waals surface area contributed by atoms with Gasteiger partial charge in [-0.3, -0.25) is 9.69 Å². The lowest BCUT2D eigenvalue weighted by atomic mass is 10.2. The lowest BCUT2D eigenvalue weighted by Gasteiger charge is -2.11. The maximum Gasteiger partial charge on any atom is 0.335 e. The predicted octanol–water partition coefficient (Wildman–Crippen LogP) is 4.24. The van der Waals surface area contributed by atoms with Crippen LogP contribution in [0.25, 0.3) is 6.08 Å². The van der Waals surface area contributed by atoms with Crippen molar-refractivity contribution >= 4 is 46.3 Å². The zero-order valence-corrected chi connectivity index (χ0v) is 17.2. The van der Waals surface area contributed by atoms with Crippen molar-refractivity contribution in [3.8, 4) is 0 Å². The Bertz CT molecular complexity index is 1020. The lowest BCUT2D eigenvalue weighted by Crippen LogP contribution is -2.23. The van der Waals surface area contributed by atoms with Crippen LogP contribution in [0.4, 0.5) is 11.4 Å². The quantitative estimate of drug-likeness (QED) is 0.751. The molecule has 0 aliphatic carbocycles. The number of benzene rings is 2. The van der Waals surface area contributed by atoms with E-state index in [4.69, 9.17) is 5.11 Å². The number of amides is 1. The number of carboxylic acid groups (broad SMARTS) is 1. The van der Waals surface area contributed by atoms with Crippen LogP contribution in [0.3, 0.4) is 0 Å². The molecule has 1 amide bonds. The number of aliphatic imine (C=N–C) groups is 1. The van der Waals surface area contributed by atoms with E-state index in [2.05, 4.69) is 4.99 Å². The van der Waals surface area contributed by atoms with Gasteiger partial charge in [0.05, 0.1) is 16.2 Å². The van der Waals surface area contributed by atoms with Gasteiger partial charge in [-0.15, -0.1) is 0 Å². The van der Waals surface area contributed by atoms with Gasteiger partial charge in [-0.2, -0.15) is 0 Å². The van der Waals surface area contributed by atoms with Crippen LogP contribution in [0.1, 0.15) is 15.9 Å². The van der Waals surface area contributed by atoms with Gasteiger partial charge >= 0.3 is 5.97 Å². The fourth-order valence-corrected chi connectivity index (χ4v) is 3.55. The molecule has 1 N–H and O–H groups in total. The fraction of sp³-hybridized carbons (Fsp3) is 0.136. The Labute approximate surface area is 173 Å². The zero-order valence-electron chi connectivity index (χ0n) is 16.4. The molecule has 0 saturated carbocycles. The Morgan fingerprint density at radius 2 is 1.90 bits per heavy atom. The van der Waals surface area contributed by atoms with Crippen molar-refractivity contribution in [3.05, 3.63) is 76.7 Å². The van der Waals surface area contributed by atoms with Gasteiger partial charge in [-0.25, -0.2) is 9.79 Å². The third kappa shape index (κ3) is 4.94. The number of anilines is 1. The van der Waals surface area contributed by atoms with E-state index in [1.807, 2.05) is 55.4 Å². The van der Waals surface area contributed by atoms with Gasteiger partial charge in [0.25, 0.3) is 5.91 Å². The van der Waals surface area contributed by atoms with Crippen molar-refractivity contribution in [2.24, 2.45) is 4.99 Å². The first-order valence-electron chi connectivity index (χ1n) is 8.89. The van der Waals surface area contributed by atoms with Crippen molar-refractivity contribution in [1.29, 1.82) is 0 Å². The van der Waals surface area contributed by atoms with E-state index in [-0.39, 0.29) is 11.5 Å². The average molecular weight is 407 g/mol. The van der Waals surface area contributed by atoms with Gasteiger partial charge in [0.15, 0.2) is 5.17 Å². The van der Waals surface area contributed by atoms with E-state index in [9.17, 15) is 9.59 Å². The summed E-state index contributed by atoms with van der Waals surface area (Å²) in [4.78, 5) is 32.1. The molecule has 3 rings (SSSR count). The first kappa shape index (κ1) is 20.4. The third-order valence-corrected chi connectivity index (χ3v) is 5.35. The van der Waals surface area contributed by atoms with E-state index in [1.165, 1.54) is 28.8 Å². The summed E-state index contributed by atoms with van der Waals surface area (Å²) in [6, 6.07) is 14.4. The first-order valence-corrected chi connectivity index (χ1v) is 9.70. The number of allylic oxidation sites excluding steroid dienone is 2. The van der Waals surface area contributed by atoms with Crippen LogP contribution in [0.5, 0.6) is 0 Å². The number of carbonyl (C=O) groups excluding carboxylic acids is 1. The summed E-state index contributed by atoms with van der Waals surface area (Å²) >= 11 is 1.26. The predicted molar refractivity (Wildman–Crippen MR) is 119 cm³/mol. The Morgan fingerprint density at radius 3 is 2.55 bits per heavy atom. The Morgan fingerprint density at radius 1 is 1.17 bits per heavy atom. The molecule has 1 saturated heterocycles. The number of nitrogens with zero attached hydrogens (tertiary/aromatic N) is 3. The van der Waals surface area contributed by atoms with Crippen LogP contribution in [0.15, 0.2) is 70.6 Å². The maximum atomic E-state index is 12.5. The Kier molecular flexibility index (Phi) is 6.19. The normalized spacial score (nSPS) is 16.9. The largest absolute Gasteiger partial charge is 0.478 e. The highest BCUT2D eigenvalue weighted by Crippen LogP contribution is 2.32. The maximum absolute atomic E-state index is 12.5. The number of carbonyl (C=O) groups is 2. The van der Waals surface area contributed by atoms with Crippen molar-refractivity contribution in [2.75, 3.05) is 26.0 Å². The summed E-state index contributed by atoms with van der Waals surface area (Å²) in [5.74, 6) is -1.16. The minimum absolute atomic E-state index is 0.143. The highest BCUT2D eigenvalue weighted by atomic mass is 32.2. The van der Waals surface area contributed by atoms with Crippen LogP contribution < -0.4 is 4.90 Å². The molecule has 2 aromatic carbocycles. The van der Waals surface area contributed by atoms with Gasteiger partial charge in [-0.05, 0) is 53.7 Å². The molecule has 0 spiro atoms. The van der Waals surface area contributed by atoms with Crippen LogP contribution >= 0.6 is 11.8 Å². The molecule has 1 aliphatic heterocycles. The SMILES string of the molecule is CN1C(=O)C(=CC=Cc2ccc(N(C)C)cc2)SC1=Nc1cccc(C(=O)O)c1. The van der Waals surface area contributed by atoms with Crippen molar-refractivity contribution in [2.45, 2.75) is 0 Å². The molecule has 0 bridgehead atoms. The number of rotatable bonds is 5. The molecule has 6 nitrogen and oxygen atoms in total. The van der Waals surface area contributed by atoms with E-state index in [0.717, 1.165) is 11.3 Å². The summed E-state index contributed by atoms with van der Waals surface area (Å²) in [6.07, 6.45) is 5.54. The summed E-state index contributed by atoms with van der Waals surface area (Å²) in [5, 5.41) is 9.61. The van der Waals surface area contributed by atoms with Crippen molar-refractivity contribution in [3.63, 3.8) is 0 Å². The monoisotopic (exact) mass is 407 g/mol. The second kappa shape index (κ2) is 8.79. The molecule has 0 atom stereocenters. The smallest absolute Gasteiger partial charge is 0.335 e. The second-order valence-corrected chi connectivity index (χ2v) is 7.60. The summed E-state index contributed by atoms with van der Waals surface area (Å²) in [5.41, 5.74) is 2.81. The summed E-state index contributed by atoms with van der Waals surface area (Å²) in [6.45, 7) is 0. The number of aromatic carboxylic acids is 1. The molecular weight excluding hydrogens is 386 g/mol. The average Bonchev–Trinajstić information content (AvgIpc) is 2.96. The molecule has 29 heavy (non-hydrogen) atoms. The zero-order chi connectivity index (χ0) is 21.0. The Hall–Kier alpha value is -3.32. The number of thioether (sulfide) groups is 1. The fourth-order valence-electron chi connectivity index (χ4n) is 2.61. The summed E-state index contributed by atoms with van der Waals surface area (Å²) < 4.78 is 0. The highest BCUT2D eigenvalue weighted by molar-refractivity contribution is 8.18. The van der Waals surface area contributed by atoms with Gasteiger partial charge in [0, 0.05) is 26.8 Å². The van der Waals surface area contributed by atoms with E-state index in [1.54, 1.807) is 25.3 Å². The van der Waals surface area contributed by atoms with Gasteiger partial charge in [0.1, 0.15) is 0 Å². The van der Waals surface area contributed by atoms with E-state index < -0.39 is 5.97 Å². The van der Waals surface area contributed by atoms with Crippen LogP contribution in [-0.4, -0.2) is 48.2 Å². The van der Waals surface area contributed by atoms with Gasteiger partial charge in [0.2, 0.25) is 0 Å². The third-order valence-electron chi connectivity index (χ3n) is 4.27. The topological polar surface area (TPSA) is 73.2 Å². The number of carboxylic acids is 1. The van der Waals surface area contributed by atoms with Crippen molar-refractivity contribution < 1.29 is 14.7 Å². The Balaban J connectivity index is 1.75. The molecule has 2 aromatic rings. The van der Waals surface area contributed by atoms with E-state index in [0.29, 0.717) is 15.8 Å². The highest BCUT2D eigenvalue weighted by Gasteiger charge is 2.29. The lowest BCUT2D eigenvalue weighted by molar-refractivity contribution is -0.121. The molecule has 1 fully saturated rings. The molecule has 148 valence electrons. The van der Waals surface area contributed by atoms with Crippen LogP contribution in [0.2, 0.25) is 0 Å². The standard InChI is InChI=1S/C22H21N3O3S/c1-24(2)18-12-10-15(11-13-18)6-4-9-19-20(26)25(3)22(29-19)23-17-8-5-7-16(14-17)21(27)28/h4-14H,1-3H3,(H,27,28). The molecule has 7 heteroatoms. The number of hydrogen-bond acceptors (Lipinski definition) is 5. The summed E-state index contributed by atoms with van der Waals surface area (Å²) in [7, 11) is 5.64. The van der Waals surface area contributed by atoms with Crippen LogP contribution in [0, 0.1) is 0 Å². The van der Waals surface area contributed by atoms with Crippen LogP contribution in [-0.2, 0) is 4.79 Å². The molecule has 0 unspecified atom stereocenters. The minimum Gasteiger partial charge on any atom is -0.478 e. The molecule has 1 aliphatic rings. The number of likely N-dealkylation sites (N-methyl/N-ethyl adjacent to an activating group) is 1.